The molecule has 0 aromatic carbocycles. The molecule has 0 saturated carbocycles. The minimum absolute atomic E-state index is 0.00415. The van der Waals surface area contributed by atoms with Gasteiger partial charge < -0.3 is 20.3 Å². The van der Waals surface area contributed by atoms with Gasteiger partial charge in [-0.2, -0.15) is 0 Å². The molecule has 0 bridgehead atoms. The molecule has 2 unspecified atom stereocenters. The Morgan fingerprint density at radius 3 is 1.05 bits per heavy atom. The minimum Gasteiger partial charge on any atom is -0.466 e. The van der Waals surface area contributed by atoms with Gasteiger partial charge in [-0.05, 0) is 77.0 Å². The zero-order chi connectivity index (χ0) is 55.0. The van der Waals surface area contributed by atoms with Crippen LogP contribution < -0.4 is 5.32 Å². The van der Waals surface area contributed by atoms with Crippen molar-refractivity contribution >= 4 is 11.9 Å². The third kappa shape index (κ3) is 61.3. The highest BCUT2D eigenvalue weighted by Gasteiger charge is 2.20. The van der Waals surface area contributed by atoms with E-state index in [0.29, 0.717) is 25.9 Å². The molecule has 0 heterocycles. The predicted octanol–water partition coefficient (Wildman–Crippen LogP) is 21.9. The van der Waals surface area contributed by atoms with E-state index in [1.165, 1.54) is 289 Å². The Kier molecular flexibility index (Phi) is 63.9. The minimum atomic E-state index is -0.671. The molecule has 6 heteroatoms. The summed E-state index contributed by atoms with van der Waals surface area (Å²) >= 11 is 0. The molecule has 1 amide bonds. The number of nitrogens with one attached hydrogen (secondary N) is 1. The van der Waals surface area contributed by atoms with Crippen molar-refractivity contribution in [3.8, 4) is 0 Å². The van der Waals surface area contributed by atoms with Crippen LogP contribution in [0.2, 0.25) is 0 Å². The highest BCUT2D eigenvalue weighted by molar-refractivity contribution is 5.76. The Morgan fingerprint density at radius 1 is 0.368 bits per heavy atom. The van der Waals surface area contributed by atoms with Gasteiger partial charge in [-0.15, -0.1) is 0 Å². The summed E-state index contributed by atoms with van der Waals surface area (Å²) in [5, 5.41) is 23.4. The zero-order valence-corrected chi connectivity index (χ0v) is 51.3. The highest BCUT2D eigenvalue weighted by Crippen LogP contribution is 2.18. The summed E-state index contributed by atoms with van der Waals surface area (Å²) < 4.78 is 5.47. The number of hydrogen-bond acceptors (Lipinski definition) is 5. The number of esters is 1. The highest BCUT2D eigenvalue weighted by atomic mass is 16.5. The molecular weight excluding hydrogens is 935 g/mol. The second-order valence-corrected chi connectivity index (χ2v) is 23.5. The summed E-state index contributed by atoms with van der Waals surface area (Å²) in [4.78, 5) is 24.6. The first kappa shape index (κ1) is 74.1. The van der Waals surface area contributed by atoms with Crippen molar-refractivity contribution < 1.29 is 24.5 Å². The lowest BCUT2D eigenvalue weighted by Crippen LogP contribution is -2.45. The first-order valence-corrected chi connectivity index (χ1v) is 34.2. The fourth-order valence-electron chi connectivity index (χ4n) is 10.7. The number of ether oxygens (including phenoxy) is 1. The third-order valence-electron chi connectivity index (χ3n) is 15.9. The van der Waals surface area contributed by atoms with Crippen LogP contribution in [0.5, 0.6) is 0 Å². The second-order valence-electron chi connectivity index (χ2n) is 23.5. The van der Waals surface area contributed by atoms with Crippen LogP contribution in [-0.2, 0) is 14.3 Å². The van der Waals surface area contributed by atoms with Gasteiger partial charge in [0.25, 0.3) is 0 Å². The largest absolute Gasteiger partial charge is 0.466 e. The van der Waals surface area contributed by atoms with Crippen molar-refractivity contribution in [3.63, 3.8) is 0 Å². The lowest BCUT2D eigenvalue weighted by Gasteiger charge is -2.22. The van der Waals surface area contributed by atoms with E-state index in [4.69, 9.17) is 4.74 Å². The number of carbonyl (C=O) groups is 2. The van der Waals surface area contributed by atoms with E-state index in [9.17, 15) is 19.8 Å². The smallest absolute Gasteiger partial charge is 0.305 e. The molecule has 0 aromatic heterocycles. The first-order chi connectivity index (χ1) is 37.5. The summed E-state index contributed by atoms with van der Waals surface area (Å²) in [6.07, 6.45) is 83.2. The van der Waals surface area contributed by atoms with Gasteiger partial charge in [-0.1, -0.05) is 320 Å². The predicted molar refractivity (Wildman–Crippen MR) is 333 cm³/mol. The van der Waals surface area contributed by atoms with Gasteiger partial charge in [0.05, 0.1) is 25.4 Å². The van der Waals surface area contributed by atoms with Gasteiger partial charge in [0.2, 0.25) is 5.91 Å². The number of allylic oxidation sites excluding steroid dienone is 6. The summed E-state index contributed by atoms with van der Waals surface area (Å²) in [5.41, 5.74) is 0. The zero-order valence-electron chi connectivity index (χ0n) is 51.3. The van der Waals surface area contributed by atoms with Crippen LogP contribution in [0.4, 0.5) is 0 Å². The van der Waals surface area contributed by atoms with E-state index in [0.717, 1.165) is 51.4 Å². The molecule has 0 fully saturated rings. The molecule has 0 aliphatic heterocycles. The van der Waals surface area contributed by atoms with Gasteiger partial charge in [-0.25, -0.2) is 0 Å². The Labute approximate surface area is 474 Å². The SMILES string of the molecule is CCCC/C=C\C/C=C\CCCCCCCC(=O)OCCCCCCCCCCCCC/C=C\CCCCCCCCCC(=O)NC(CO)C(O)CCCCCCCCCCCCCCCCCCCCCCCCC. The fourth-order valence-corrected chi connectivity index (χ4v) is 10.7. The third-order valence-corrected chi connectivity index (χ3v) is 15.9. The normalized spacial score (nSPS) is 12.7. The quantitative estimate of drug-likeness (QED) is 0.0320. The summed E-state index contributed by atoms with van der Waals surface area (Å²) in [6, 6.07) is -0.548. The molecule has 0 rings (SSSR count). The van der Waals surface area contributed by atoms with Crippen LogP contribution in [0.1, 0.15) is 373 Å². The van der Waals surface area contributed by atoms with E-state index < -0.39 is 12.1 Å². The molecule has 0 saturated heterocycles. The van der Waals surface area contributed by atoms with Crippen LogP contribution in [0.25, 0.3) is 0 Å². The number of unbranched alkanes of at least 4 members (excludes halogenated alkanes) is 47. The molecule has 0 radical (unpaired) electrons. The van der Waals surface area contributed by atoms with E-state index in [-0.39, 0.29) is 18.5 Å². The first-order valence-electron chi connectivity index (χ1n) is 34.2. The Balaban J connectivity index is 3.42. The summed E-state index contributed by atoms with van der Waals surface area (Å²) in [7, 11) is 0. The summed E-state index contributed by atoms with van der Waals surface area (Å²) in [5.74, 6) is -0.0426. The maximum atomic E-state index is 12.5. The lowest BCUT2D eigenvalue weighted by molar-refractivity contribution is -0.143. The number of hydrogen-bond donors (Lipinski definition) is 3. The van der Waals surface area contributed by atoms with Crippen molar-refractivity contribution in [2.24, 2.45) is 0 Å². The molecule has 76 heavy (non-hydrogen) atoms. The van der Waals surface area contributed by atoms with Crippen molar-refractivity contribution in [1.82, 2.24) is 5.32 Å². The Bertz CT molecular complexity index is 1230. The fraction of sp³-hybridized carbons (Fsp3) is 0.886. The van der Waals surface area contributed by atoms with Gasteiger partial charge >= 0.3 is 5.97 Å². The molecule has 0 spiro atoms. The molecule has 0 aliphatic carbocycles. The molecule has 2 atom stereocenters. The van der Waals surface area contributed by atoms with Crippen molar-refractivity contribution in [2.45, 2.75) is 386 Å². The molecule has 0 aliphatic rings. The van der Waals surface area contributed by atoms with E-state index in [2.05, 4.69) is 55.6 Å². The Morgan fingerprint density at radius 2 is 0.671 bits per heavy atom. The molecule has 448 valence electrons. The van der Waals surface area contributed by atoms with Gasteiger partial charge in [0, 0.05) is 12.8 Å². The average molecular weight is 1070 g/mol. The number of rotatable bonds is 64. The summed E-state index contributed by atoms with van der Waals surface area (Å²) in [6.45, 7) is 4.93. The molecule has 0 aromatic rings. The number of aliphatic hydroxyl groups is 2. The monoisotopic (exact) mass is 1070 g/mol. The standard InChI is InChI=1S/C70H133NO5/c1-3-5-7-9-11-13-15-17-19-20-21-22-23-26-29-32-35-38-42-46-50-54-58-62-68(73)67(66-72)71-69(74)63-59-55-51-47-43-39-36-33-30-27-24-25-28-31-34-37-41-45-49-53-57-61-65-76-70(75)64-60-56-52-48-44-40-18-16-14-12-10-8-6-4-2/h10,12,16,18,27,30,67-68,72-73H,3-9,11,13-15,17,19-26,28-29,31-66H2,1-2H3,(H,71,74)/b12-10-,18-16-,30-27-. The van der Waals surface area contributed by atoms with Crippen LogP contribution in [0.3, 0.4) is 0 Å². The molecule has 6 nitrogen and oxygen atoms in total. The lowest BCUT2D eigenvalue weighted by atomic mass is 10.0. The molecular formula is C70H133NO5. The maximum absolute atomic E-state index is 12.5. The van der Waals surface area contributed by atoms with Crippen molar-refractivity contribution in [2.75, 3.05) is 13.2 Å². The number of aliphatic hydroxyl groups excluding tert-OH is 2. The van der Waals surface area contributed by atoms with E-state index >= 15 is 0 Å². The number of carbonyl (C=O) groups excluding carboxylic acids is 2. The van der Waals surface area contributed by atoms with Gasteiger partial charge in [0.15, 0.2) is 0 Å². The molecule has 3 N–H and O–H groups in total. The van der Waals surface area contributed by atoms with Crippen LogP contribution >= 0.6 is 0 Å². The van der Waals surface area contributed by atoms with Gasteiger partial charge in [0.1, 0.15) is 0 Å². The van der Waals surface area contributed by atoms with Crippen molar-refractivity contribution in [1.29, 1.82) is 0 Å². The topological polar surface area (TPSA) is 95.9 Å². The second kappa shape index (κ2) is 65.6. The maximum Gasteiger partial charge on any atom is 0.305 e. The average Bonchev–Trinajstić information content (AvgIpc) is 3.42. The van der Waals surface area contributed by atoms with Crippen LogP contribution in [-0.4, -0.2) is 47.4 Å². The van der Waals surface area contributed by atoms with Crippen LogP contribution in [0.15, 0.2) is 36.5 Å². The van der Waals surface area contributed by atoms with E-state index in [1.54, 1.807) is 0 Å². The van der Waals surface area contributed by atoms with Gasteiger partial charge in [-0.3, -0.25) is 9.59 Å². The Hall–Kier alpha value is -1.92. The number of amides is 1. The van der Waals surface area contributed by atoms with E-state index in [1.807, 2.05) is 0 Å². The van der Waals surface area contributed by atoms with Crippen LogP contribution in [0, 0.1) is 0 Å². The van der Waals surface area contributed by atoms with Crippen molar-refractivity contribution in [3.05, 3.63) is 36.5 Å².